The van der Waals surface area contributed by atoms with Crippen molar-refractivity contribution in [2.24, 2.45) is 0 Å². The van der Waals surface area contributed by atoms with E-state index < -0.39 is 0 Å². The Hall–Kier alpha value is -1.19. The Morgan fingerprint density at radius 3 is 3.06 bits per heavy atom. The summed E-state index contributed by atoms with van der Waals surface area (Å²) in [5, 5.41) is 3.56. The summed E-state index contributed by atoms with van der Waals surface area (Å²) in [6.07, 6.45) is 1.73. The van der Waals surface area contributed by atoms with Gasteiger partial charge in [-0.05, 0) is 30.7 Å². The summed E-state index contributed by atoms with van der Waals surface area (Å²) in [5.41, 5.74) is 1.49. The minimum absolute atomic E-state index is 0.276. The van der Waals surface area contributed by atoms with E-state index in [2.05, 4.69) is 36.5 Å². The molecule has 0 saturated carbocycles. The van der Waals surface area contributed by atoms with Crippen molar-refractivity contribution in [1.29, 1.82) is 0 Å². The third-order valence-electron chi connectivity index (χ3n) is 3.44. The van der Waals surface area contributed by atoms with Gasteiger partial charge in [-0.25, -0.2) is 0 Å². The fraction of sp³-hybridized carbons (Fsp3) is 0.333. The van der Waals surface area contributed by atoms with Crippen molar-refractivity contribution in [1.82, 2.24) is 5.32 Å². The van der Waals surface area contributed by atoms with Crippen LogP contribution in [0, 0.1) is 0 Å². The molecule has 18 heavy (non-hydrogen) atoms. The SMILES string of the molecule is CC(NCC1CSc2ccccc21)c1ccco1. The van der Waals surface area contributed by atoms with Gasteiger partial charge in [0.15, 0.2) is 0 Å². The molecule has 1 aromatic heterocycles. The lowest BCUT2D eigenvalue weighted by molar-refractivity contribution is 0.424. The maximum Gasteiger partial charge on any atom is 0.120 e. The van der Waals surface area contributed by atoms with Gasteiger partial charge in [-0.3, -0.25) is 0 Å². The predicted molar refractivity (Wildman–Crippen MR) is 75.0 cm³/mol. The minimum Gasteiger partial charge on any atom is -0.468 e. The first-order valence-corrected chi connectivity index (χ1v) is 7.31. The van der Waals surface area contributed by atoms with Crippen LogP contribution in [-0.2, 0) is 0 Å². The van der Waals surface area contributed by atoms with Gasteiger partial charge in [0.05, 0.1) is 12.3 Å². The van der Waals surface area contributed by atoms with Crippen molar-refractivity contribution in [3.8, 4) is 0 Å². The molecular formula is C15H17NOS. The molecule has 0 radical (unpaired) electrons. The average Bonchev–Trinajstić information content (AvgIpc) is 3.06. The third-order valence-corrected chi connectivity index (χ3v) is 4.69. The van der Waals surface area contributed by atoms with Crippen LogP contribution in [0.25, 0.3) is 0 Å². The third kappa shape index (κ3) is 2.33. The number of rotatable bonds is 4. The molecular weight excluding hydrogens is 242 g/mol. The van der Waals surface area contributed by atoms with Gasteiger partial charge in [0.2, 0.25) is 0 Å². The molecule has 0 saturated heterocycles. The van der Waals surface area contributed by atoms with Crippen LogP contribution >= 0.6 is 11.8 Å². The molecule has 2 nitrogen and oxygen atoms in total. The highest BCUT2D eigenvalue weighted by Gasteiger charge is 2.23. The van der Waals surface area contributed by atoms with E-state index in [1.165, 1.54) is 16.2 Å². The molecule has 1 aromatic carbocycles. The molecule has 2 unspecified atom stereocenters. The van der Waals surface area contributed by atoms with Crippen molar-refractivity contribution >= 4 is 11.8 Å². The van der Waals surface area contributed by atoms with Gasteiger partial charge >= 0.3 is 0 Å². The zero-order valence-electron chi connectivity index (χ0n) is 10.4. The molecule has 0 amide bonds. The second-order valence-electron chi connectivity index (χ2n) is 4.69. The topological polar surface area (TPSA) is 25.2 Å². The van der Waals surface area contributed by atoms with E-state index in [4.69, 9.17) is 4.42 Å². The van der Waals surface area contributed by atoms with Crippen molar-refractivity contribution in [3.63, 3.8) is 0 Å². The summed E-state index contributed by atoms with van der Waals surface area (Å²) in [4.78, 5) is 1.44. The van der Waals surface area contributed by atoms with E-state index in [-0.39, 0.29) is 6.04 Å². The van der Waals surface area contributed by atoms with Crippen LogP contribution in [0.15, 0.2) is 52.0 Å². The molecule has 0 bridgehead atoms. The van der Waals surface area contributed by atoms with Gasteiger partial charge < -0.3 is 9.73 Å². The number of thioether (sulfide) groups is 1. The van der Waals surface area contributed by atoms with Gasteiger partial charge in [-0.2, -0.15) is 0 Å². The van der Waals surface area contributed by atoms with Gasteiger partial charge in [0, 0.05) is 23.1 Å². The van der Waals surface area contributed by atoms with Gasteiger partial charge in [-0.15, -0.1) is 11.8 Å². The van der Waals surface area contributed by atoms with Crippen molar-refractivity contribution in [2.75, 3.05) is 12.3 Å². The highest BCUT2D eigenvalue weighted by Crippen LogP contribution is 2.39. The number of fused-ring (bicyclic) bond motifs is 1. The van der Waals surface area contributed by atoms with E-state index in [0.29, 0.717) is 5.92 Å². The van der Waals surface area contributed by atoms with Crippen LogP contribution in [0.1, 0.15) is 30.2 Å². The van der Waals surface area contributed by atoms with Crippen LogP contribution < -0.4 is 5.32 Å². The molecule has 1 N–H and O–H groups in total. The summed E-state index contributed by atoms with van der Waals surface area (Å²) in [6, 6.07) is 13.0. The Bertz CT molecular complexity index is 509. The Kier molecular flexibility index (Phi) is 3.43. The zero-order valence-corrected chi connectivity index (χ0v) is 11.2. The molecule has 0 aliphatic carbocycles. The molecule has 0 fully saturated rings. The average molecular weight is 259 g/mol. The summed E-state index contributed by atoms with van der Waals surface area (Å²) in [6.45, 7) is 3.15. The van der Waals surface area contributed by atoms with E-state index in [1.54, 1.807) is 6.26 Å². The largest absolute Gasteiger partial charge is 0.468 e. The summed E-state index contributed by atoms with van der Waals surface area (Å²) < 4.78 is 5.41. The molecule has 2 heterocycles. The Balaban J connectivity index is 1.62. The van der Waals surface area contributed by atoms with Gasteiger partial charge in [0.1, 0.15) is 5.76 Å². The maximum atomic E-state index is 5.41. The molecule has 1 aliphatic rings. The minimum atomic E-state index is 0.276. The number of hydrogen-bond donors (Lipinski definition) is 1. The Morgan fingerprint density at radius 1 is 1.33 bits per heavy atom. The summed E-state index contributed by atoms with van der Waals surface area (Å²) in [7, 11) is 0. The van der Waals surface area contributed by atoms with Crippen molar-refractivity contribution in [3.05, 3.63) is 54.0 Å². The normalized spacial score (nSPS) is 19.7. The molecule has 2 atom stereocenters. The molecule has 3 heteroatoms. The van der Waals surface area contributed by atoms with Gasteiger partial charge in [-0.1, -0.05) is 18.2 Å². The first-order valence-electron chi connectivity index (χ1n) is 6.33. The van der Waals surface area contributed by atoms with Crippen LogP contribution in [0.4, 0.5) is 0 Å². The van der Waals surface area contributed by atoms with Gasteiger partial charge in [0.25, 0.3) is 0 Å². The highest BCUT2D eigenvalue weighted by atomic mass is 32.2. The lowest BCUT2D eigenvalue weighted by Crippen LogP contribution is -2.24. The lowest BCUT2D eigenvalue weighted by atomic mass is 10.0. The monoisotopic (exact) mass is 259 g/mol. The van der Waals surface area contributed by atoms with Crippen molar-refractivity contribution in [2.45, 2.75) is 23.8 Å². The lowest BCUT2D eigenvalue weighted by Gasteiger charge is -2.16. The number of furan rings is 1. The molecule has 3 rings (SSSR count). The number of nitrogens with one attached hydrogen (secondary N) is 1. The van der Waals surface area contributed by atoms with Crippen LogP contribution in [0.2, 0.25) is 0 Å². The zero-order chi connectivity index (χ0) is 12.4. The van der Waals surface area contributed by atoms with E-state index in [0.717, 1.165) is 12.3 Å². The number of hydrogen-bond acceptors (Lipinski definition) is 3. The molecule has 1 aliphatic heterocycles. The highest BCUT2D eigenvalue weighted by molar-refractivity contribution is 7.99. The number of benzene rings is 1. The standard InChI is InChI=1S/C15H17NOS/c1-11(14-6-4-8-17-14)16-9-12-10-18-15-7-3-2-5-13(12)15/h2-8,11-12,16H,9-10H2,1H3. The summed E-state index contributed by atoms with van der Waals surface area (Å²) >= 11 is 1.96. The quantitative estimate of drug-likeness (QED) is 0.903. The Morgan fingerprint density at radius 2 is 2.22 bits per heavy atom. The van der Waals surface area contributed by atoms with E-state index in [1.807, 2.05) is 23.9 Å². The van der Waals surface area contributed by atoms with Crippen LogP contribution in [0.3, 0.4) is 0 Å². The fourth-order valence-corrected chi connectivity index (χ4v) is 3.61. The smallest absolute Gasteiger partial charge is 0.120 e. The maximum absolute atomic E-state index is 5.41. The first-order chi connectivity index (χ1) is 8.84. The summed E-state index contributed by atoms with van der Waals surface area (Å²) in [5.74, 6) is 2.80. The second kappa shape index (κ2) is 5.21. The molecule has 94 valence electrons. The second-order valence-corrected chi connectivity index (χ2v) is 5.75. The van der Waals surface area contributed by atoms with Crippen LogP contribution in [0.5, 0.6) is 0 Å². The Labute approximate surface area is 112 Å². The van der Waals surface area contributed by atoms with Crippen molar-refractivity contribution < 1.29 is 4.42 Å². The first kappa shape index (κ1) is 11.9. The predicted octanol–water partition coefficient (Wildman–Crippen LogP) is 3.82. The molecule has 2 aromatic rings. The van der Waals surface area contributed by atoms with E-state index in [9.17, 15) is 0 Å². The van der Waals surface area contributed by atoms with E-state index >= 15 is 0 Å². The van der Waals surface area contributed by atoms with Crippen LogP contribution in [-0.4, -0.2) is 12.3 Å². The molecule has 0 spiro atoms. The fourth-order valence-electron chi connectivity index (χ4n) is 2.36.